The van der Waals surface area contributed by atoms with Gasteiger partial charge in [-0.3, -0.25) is 19.7 Å². The Kier molecular flexibility index (Phi) is 3.69. The number of ether oxygens (including phenoxy) is 1. The van der Waals surface area contributed by atoms with Crippen LogP contribution in [-0.4, -0.2) is 35.0 Å². The molecule has 3 rings (SSSR count). The zero-order valence-electron chi connectivity index (χ0n) is 11.9. The Hall–Kier alpha value is -2.65. The summed E-state index contributed by atoms with van der Waals surface area (Å²) in [6.07, 6.45) is -4.91. The molecule has 10 heteroatoms. The fraction of sp³-hybridized carbons (Fsp3) is 0.357. The summed E-state index contributed by atoms with van der Waals surface area (Å²) in [5.74, 6) is -3.93. The molecule has 0 spiro atoms. The molecule has 1 aromatic rings. The molecule has 2 aliphatic rings. The lowest BCUT2D eigenvalue weighted by molar-refractivity contribution is -0.274. The van der Waals surface area contributed by atoms with Gasteiger partial charge in [0.05, 0.1) is 5.56 Å². The molecule has 6 nitrogen and oxygen atoms in total. The maximum absolute atomic E-state index is 14.0. The van der Waals surface area contributed by atoms with Gasteiger partial charge in [0.15, 0.2) is 0 Å². The van der Waals surface area contributed by atoms with E-state index >= 15 is 0 Å². The number of nitrogens with one attached hydrogen (secondary N) is 1. The second-order valence-electron chi connectivity index (χ2n) is 5.39. The first kappa shape index (κ1) is 16.2. The summed E-state index contributed by atoms with van der Waals surface area (Å²) >= 11 is 0. The average molecular weight is 346 g/mol. The number of carbonyl (C=O) groups excluding carboxylic acids is 3. The lowest BCUT2D eigenvalue weighted by atomic mass is 10.0. The van der Waals surface area contributed by atoms with Crippen molar-refractivity contribution in [2.45, 2.75) is 31.8 Å². The maximum atomic E-state index is 14.0. The van der Waals surface area contributed by atoms with Crippen LogP contribution in [0.1, 0.15) is 28.8 Å². The maximum Gasteiger partial charge on any atom is 0.573 e. The van der Waals surface area contributed by atoms with Crippen molar-refractivity contribution >= 4 is 17.7 Å². The smallest absolute Gasteiger partial charge is 0.406 e. The number of benzene rings is 1. The summed E-state index contributed by atoms with van der Waals surface area (Å²) in [4.78, 5) is 36.3. The number of piperidine rings is 1. The van der Waals surface area contributed by atoms with Crippen molar-refractivity contribution in [3.63, 3.8) is 0 Å². The molecule has 1 aromatic carbocycles. The highest BCUT2D eigenvalue weighted by atomic mass is 19.4. The zero-order chi connectivity index (χ0) is 17.6. The molecule has 1 fully saturated rings. The van der Waals surface area contributed by atoms with E-state index in [1.165, 1.54) is 0 Å². The molecule has 0 aromatic heterocycles. The van der Waals surface area contributed by atoms with Gasteiger partial charge in [0, 0.05) is 19.0 Å². The lowest BCUT2D eigenvalue weighted by Gasteiger charge is -2.29. The van der Waals surface area contributed by atoms with Crippen LogP contribution >= 0.6 is 0 Å². The van der Waals surface area contributed by atoms with Gasteiger partial charge >= 0.3 is 6.36 Å². The molecule has 0 bridgehead atoms. The molecular formula is C14H10F4N2O4. The fourth-order valence-electron chi connectivity index (χ4n) is 2.82. The van der Waals surface area contributed by atoms with Gasteiger partial charge in [-0.05, 0) is 18.1 Å². The molecule has 0 aliphatic carbocycles. The number of imide groups is 1. The minimum absolute atomic E-state index is 0.0102. The topological polar surface area (TPSA) is 75.7 Å². The Labute approximate surface area is 132 Å². The highest BCUT2D eigenvalue weighted by molar-refractivity contribution is 6.05. The van der Waals surface area contributed by atoms with Crippen LogP contribution in [0.5, 0.6) is 5.75 Å². The summed E-state index contributed by atoms with van der Waals surface area (Å²) in [5.41, 5.74) is -0.404. The molecule has 1 N–H and O–H groups in total. The van der Waals surface area contributed by atoms with E-state index in [0.717, 1.165) is 11.0 Å². The standard InChI is InChI=1S/C14H10F4N2O4/c15-8-4-7(24-14(16,17)18)3-6-5-20(13(23)11(6)8)9-1-2-10(21)19-12(9)22/h3-4,9H,1-2,5H2,(H,19,21,22). The van der Waals surface area contributed by atoms with Gasteiger partial charge in [-0.25, -0.2) is 4.39 Å². The van der Waals surface area contributed by atoms with E-state index in [1.807, 2.05) is 0 Å². The van der Waals surface area contributed by atoms with Crippen molar-refractivity contribution < 1.29 is 36.7 Å². The quantitative estimate of drug-likeness (QED) is 0.650. The van der Waals surface area contributed by atoms with Crippen LogP contribution < -0.4 is 10.1 Å². The first-order valence-corrected chi connectivity index (χ1v) is 6.88. The van der Waals surface area contributed by atoms with E-state index in [-0.39, 0.29) is 24.9 Å². The van der Waals surface area contributed by atoms with E-state index in [9.17, 15) is 31.9 Å². The van der Waals surface area contributed by atoms with Crippen molar-refractivity contribution in [3.8, 4) is 5.75 Å². The number of hydrogen-bond acceptors (Lipinski definition) is 4. The third kappa shape index (κ3) is 2.91. The zero-order valence-corrected chi connectivity index (χ0v) is 11.9. The summed E-state index contributed by atoms with van der Waals surface area (Å²) in [5, 5.41) is 2.07. The first-order valence-electron chi connectivity index (χ1n) is 6.88. The van der Waals surface area contributed by atoms with E-state index in [1.54, 1.807) is 0 Å². The van der Waals surface area contributed by atoms with Gasteiger partial charge in [0.1, 0.15) is 17.6 Å². The molecule has 2 heterocycles. The minimum Gasteiger partial charge on any atom is -0.406 e. The Morgan fingerprint density at radius 3 is 2.54 bits per heavy atom. The molecule has 0 saturated carbocycles. The Morgan fingerprint density at radius 1 is 1.21 bits per heavy atom. The Morgan fingerprint density at radius 2 is 1.92 bits per heavy atom. The normalized spacial score (nSPS) is 20.9. The molecule has 2 aliphatic heterocycles. The van der Waals surface area contributed by atoms with Crippen LogP contribution in [0.2, 0.25) is 0 Å². The fourth-order valence-corrected chi connectivity index (χ4v) is 2.82. The van der Waals surface area contributed by atoms with Crippen molar-refractivity contribution in [1.82, 2.24) is 10.2 Å². The van der Waals surface area contributed by atoms with Gasteiger partial charge in [0.2, 0.25) is 11.8 Å². The number of carbonyl (C=O) groups is 3. The number of hydrogen-bond donors (Lipinski definition) is 1. The number of fused-ring (bicyclic) bond motifs is 1. The van der Waals surface area contributed by atoms with E-state index in [0.29, 0.717) is 6.07 Å². The van der Waals surface area contributed by atoms with Gasteiger partial charge in [0.25, 0.3) is 5.91 Å². The van der Waals surface area contributed by atoms with Gasteiger partial charge in [-0.2, -0.15) is 0 Å². The van der Waals surface area contributed by atoms with Crippen LogP contribution in [0, 0.1) is 5.82 Å². The first-order chi connectivity index (χ1) is 11.2. The van der Waals surface area contributed by atoms with E-state index in [4.69, 9.17) is 0 Å². The summed E-state index contributed by atoms with van der Waals surface area (Å²) < 4.78 is 54.4. The molecule has 3 amide bonds. The predicted octanol–water partition coefficient (Wildman–Crippen LogP) is 1.49. The Bertz CT molecular complexity index is 747. The van der Waals surface area contributed by atoms with Crippen LogP contribution in [0.25, 0.3) is 0 Å². The van der Waals surface area contributed by atoms with Crippen LogP contribution in [-0.2, 0) is 16.1 Å². The highest BCUT2D eigenvalue weighted by Crippen LogP contribution is 2.34. The molecule has 128 valence electrons. The van der Waals surface area contributed by atoms with E-state index in [2.05, 4.69) is 10.1 Å². The van der Waals surface area contributed by atoms with Crippen LogP contribution in [0.4, 0.5) is 17.6 Å². The van der Waals surface area contributed by atoms with Gasteiger partial charge in [-0.1, -0.05) is 0 Å². The minimum atomic E-state index is -4.99. The Balaban J connectivity index is 1.88. The van der Waals surface area contributed by atoms with Crippen LogP contribution in [0.3, 0.4) is 0 Å². The van der Waals surface area contributed by atoms with Crippen molar-refractivity contribution in [2.75, 3.05) is 0 Å². The molecule has 0 radical (unpaired) electrons. The summed E-state index contributed by atoms with van der Waals surface area (Å²) in [6, 6.07) is 0.405. The number of nitrogens with zero attached hydrogens (tertiary/aromatic N) is 1. The number of alkyl halides is 3. The van der Waals surface area contributed by atoms with Crippen molar-refractivity contribution in [3.05, 3.63) is 29.1 Å². The van der Waals surface area contributed by atoms with Crippen molar-refractivity contribution in [2.24, 2.45) is 0 Å². The van der Waals surface area contributed by atoms with Crippen LogP contribution in [0.15, 0.2) is 12.1 Å². The largest absolute Gasteiger partial charge is 0.573 e. The molecular weight excluding hydrogens is 336 g/mol. The number of amides is 3. The van der Waals surface area contributed by atoms with E-state index < -0.39 is 47.3 Å². The molecule has 24 heavy (non-hydrogen) atoms. The average Bonchev–Trinajstić information content (AvgIpc) is 2.74. The number of rotatable bonds is 2. The third-order valence-corrected chi connectivity index (χ3v) is 3.78. The second-order valence-corrected chi connectivity index (χ2v) is 5.39. The third-order valence-electron chi connectivity index (χ3n) is 3.78. The molecule has 1 saturated heterocycles. The number of halogens is 4. The highest BCUT2D eigenvalue weighted by Gasteiger charge is 2.41. The summed E-state index contributed by atoms with van der Waals surface area (Å²) in [6.45, 7) is -0.244. The second kappa shape index (κ2) is 5.46. The molecule has 1 atom stereocenters. The predicted molar refractivity (Wildman–Crippen MR) is 69.1 cm³/mol. The van der Waals surface area contributed by atoms with Crippen molar-refractivity contribution in [1.29, 1.82) is 0 Å². The van der Waals surface area contributed by atoms with Gasteiger partial charge < -0.3 is 9.64 Å². The lowest BCUT2D eigenvalue weighted by Crippen LogP contribution is -2.52. The monoisotopic (exact) mass is 346 g/mol. The van der Waals surface area contributed by atoms with Gasteiger partial charge in [-0.15, -0.1) is 13.2 Å². The SMILES string of the molecule is O=C1CCC(N2Cc3cc(OC(F)(F)F)cc(F)c3C2=O)C(=O)N1. The molecule has 1 unspecified atom stereocenters. The summed E-state index contributed by atoms with van der Waals surface area (Å²) in [7, 11) is 0.